The number of likely N-dealkylation sites (tertiary alicyclic amines) is 1. The lowest BCUT2D eigenvalue weighted by atomic mass is 9.78. The first-order valence-corrected chi connectivity index (χ1v) is 12.5. The van der Waals surface area contributed by atoms with E-state index in [1.54, 1.807) is 4.90 Å². The minimum Gasteiger partial charge on any atom is -0.449 e. The lowest BCUT2D eigenvalue weighted by Crippen LogP contribution is -2.50. The smallest absolute Gasteiger partial charge is 0.418 e. The number of alkyl halides is 3. The maximum absolute atomic E-state index is 14.0. The second kappa shape index (κ2) is 10.2. The molecule has 1 aliphatic carbocycles. The first-order valence-electron chi connectivity index (χ1n) is 12.5. The Balaban J connectivity index is 1.53. The minimum atomic E-state index is -4.63. The van der Waals surface area contributed by atoms with Gasteiger partial charge in [0.25, 0.3) is 0 Å². The normalized spacial score (nSPS) is 27.4. The van der Waals surface area contributed by atoms with Crippen LogP contribution in [0.15, 0.2) is 18.2 Å². The summed E-state index contributed by atoms with van der Waals surface area (Å²) in [6.07, 6.45) is -0.321. The van der Waals surface area contributed by atoms with Crippen LogP contribution in [0, 0.1) is 5.41 Å². The molecule has 4 rings (SSSR count). The molecule has 2 aliphatic heterocycles. The van der Waals surface area contributed by atoms with Gasteiger partial charge in [-0.2, -0.15) is 13.2 Å². The van der Waals surface area contributed by atoms with Crippen LogP contribution < -0.4 is 10.2 Å². The zero-order valence-corrected chi connectivity index (χ0v) is 20.1. The van der Waals surface area contributed by atoms with E-state index in [0.29, 0.717) is 51.6 Å². The van der Waals surface area contributed by atoms with Gasteiger partial charge in [-0.15, -0.1) is 0 Å². The Morgan fingerprint density at radius 3 is 2.63 bits per heavy atom. The van der Waals surface area contributed by atoms with Crippen LogP contribution in [0.25, 0.3) is 0 Å². The summed E-state index contributed by atoms with van der Waals surface area (Å²) in [6.45, 7) is 3.29. The van der Waals surface area contributed by atoms with Crippen molar-refractivity contribution in [3.05, 3.63) is 23.8 Å². The van der Waals surface area contributed by atoms with E-state index in [9.17, 15) is 27.9 Å². The molecule has 0 bridgehead atoms. The highest BCUT2D eigenvalue weighted by molar-refractivity contribution is 5.87. The number of nitrogens with zero attached hydrogens (tertiary/aromatic N) is 2. The van der Waals surface area contributed by atoms with E-state index in [4.69, 9.17) is 4.74 Å². The Labute approximate surface area is 203 Å². The predicted octanol–water partition coefficient (Wildman–Crippen LogP) is 4.79. The van der Waals surface area contributed by atoms with Gasteiger partial charge in [0.15, 0.2) is 0 Å². The van der Waals surface area contributed by atoms with Crippen molar-refractivity contribution in [3.8, 4) is 0 Å². The number of ether oxygens (including phenoxy) is 1. The molecule has 2 N–H and O–H groups in total. The number of benzene rings is 1. The molecule has 3 aliphatic rings. The number of aliphatic hydroxyl groups excluding tert-OH is 1. The topological polar surface area (TPSA) is 82.1 Å². The molecular formula is C25H34F3N3O4. The zero-order chi connectivity index (χ0) is 25.2. The quantitative estimate of drug-likeness (QED) is 0.612. The molecular weight excluding hydrogens is 463 g/mol. The van der Waals surface area contributed by atoms with Crippen LogP contribution in [0.5, 0.6) is 0 Å². The molecule has 7 nitrogen and oxygen atoms in total. The number of carbonyl (C=O) groups excluding carboxylic acids is 2. The molecule has 194 valence electrons. The second-order valence-corrected chi connectivity index (χ2v) is 10.0. The van der Waals surface area contributed by atoms with Gasteiger partial charge in [0.05, 0.1) is 23.7 Å². The molecule has 1 aromatic carbocycles. The Kier molecular flexibility index (Phi) is 7.49. The summed E-state index contributed by atoms with van der Waals surface area (Å²) >= 11 is 0. The van der Waals surface area contributed by atoms with Gasteiger partial charge < -0.3 is 19.6 Å². The summed E-state index contributed by atoms with van der Waals surface area (Å²) in [5.41, 5.74) is -1.49. The van der Waals surface area contributed by atoms with Gasteiger partial charge in [0.1, 0.15) is 0 Å². The SMILES string of the molecule is CCCOC(=O)Nc1ccc(N2CCCC3(CCN(C4CCC(O)CC4)C3=O)C2)c(C(F)(F)F)c1. The van der Waals surface area contributed by atoms with Gasteiger partial charge in [-0.25, -0.2) is 4.79 Å². The number of carbonyl (C=O) groups is 2. The van der Waals surface area contributed by atoms with Crippen molar-refractivity contribution in [1.82, 2.24) is 4.90 Å². The first kappa shape index (κ1) is 25.6. The van der Waals surface area contributed by atoms with Gasteiger partial charge >= 0.3 is 12.3 Å². The summed E-state index contributed by atoms with van der Waals surface area (Å²) in [7, 11) is 0. The highest BCUT2D eigenvalue weighted by Crippen LogP contribution is 2.46. The number of hydrogen-bond donors (Lipinski definition) is 2. The average molecular weight is 498 g/mol. The van der Waals surface area contributed by atoms with E-state index < -0.39 is 23.2 Å². The number of piperidine rings is 1. The third-order valence-corrected chi connectivity index (χ3v) is 7.56. The molecule has 0 radical (unpaired) electrons. The first-order chi connectivity index (χ1) is 16.6. The summed E-state index contributed by atoms with van der Waals surface area (Å²) in [4.78, 5) is 28.9. The number of halogens is 3. The number of amides is 2. The van der Waals surface area contributed by atoms with Crippen molar-refractivity contribution in [1.29, 1.82) is 0 Å². The third kappa shape index (κ3) is 5.52. The molecule has 2 amide bonds. The summed E-state index contributed by atoms with van der Waals surface area (Å²) in [5, 5.41) is 12.2. The fourth-order valence-electron chi connectivity index (χ4n) is 5.75. The third-order valence-electron chi connectivity index (χ3n) is 7.56. The van der Waals surface area contributed by atoms with Crippen molar-refractivity contribution in [2.24, 2.45) is 5.41 Å². The maximum Gasteiger partial charge on any atom is 0.418 e. The second-order valence-electron chi connectivity index (χ2n) is 10.0. The van der Waals surface area contributed by atoms with E-state index in [1.165, 1.54) is 12.1 Å². The Bertz CT molecular complexity index is 933. The van der Waals surface area contributed by atoms with E-state index in [0.717, 1.165) is 18.9 Å². The molecule has 1 spiro atoms. The van der Waals surface area contributed by atoms with E-state index in [-0.39, 0.29) is 42.6 Å². The standard InChI is InChI=1S/C25H34F3N3O4/c1-2-14-35-23(34)29-17-4-9-21(20(15-17)25(26,27)28)30-12-3-10-24(16-30)11-13-31(22(24)33)18-5-7-19(32)8-6-18/h4,9,15,18-19,32H,2-3,5-8,10-14,16H2,1H3,(H,29,34). The minimum absolute atomic E-state index is 0.0107. The molecule has 1 unspecified atom stereocenters. The van der Waals surface area contributed by atoms with Crippen LogP contribution in [-0.2, 0) is 15.7 Å². The fraction of sp³-hybridized carbons (Fsp3) is 0.680. The number of anilines is 2. The molecule has 1 atom stereocenters. The van der Waals surface area contributed by atoms with Gasteiger partial charge in [-0.1, -0.05) is 6.92 Å². The van der Waals surface area contributed by atoms with Crippen LogP contribution in [0.4, 0.5) is 29.3 Å². The lowest BCUT2D eigenvalue weighted by molar-refractivity contribution is -0.139. The summed E-state index contributed by atoms with van der Waals surface area (Å²) in [6, 6.07) is 3.84. The molecule has 1 aromatic rings. The van der Waals surface area contributed by atoms with Gasteiger partial charge in [-0.3, -0.25) is 10.1 Å². The summed E-state index contributed by atoms with van der Waals surface area (Å²) < 4.78 is 47.0. The lowest BCUT2D eigenvalue weighted by Gasteiger charge is -2.42. The average Bonchev–Trinajstić information content (AvgIpc) is 3.12. The van der Waals surface area contributed by atoms with Crippen LogP contribution in [0.3, 0.4) is 0 Å². The zero-order valence-electron chi connectivity index (χ0n) is 20.1. The van der Waals surface area contributed by atoms with Gasteiger partial charge in [0, 0.05) is 37.1 Å². The molecule has 0 aromatic heterocycles. The summed E-state index contributed by atoms with van der Waals surface area (Å²) in [5.74, 6) is 0.0362. The number of nitrogens with one attached hydrogen (secondary N) is 1. The molecule has 35 heavy (non-hydrogen) atoms. The van der Waals surface area contributed by atoms with E-state index >= 15 is 0 Å². The number of rotatable bonds is 5. The number of aliphatic hydroxyl groups is 1. The largest absolute Gasteiger partial charge is 0.449 e. The molecule has 10 heteroatoms. The van der Waals surface area contributed by atoms with Crippen molar-refractivity contribution in [2.75, 3.05) is 36.5 Å². The van der Waals surface area contributed by atoms with Crippen LogP contribution in [0.1, 0.15) is 63.9 Å². The number of hydrogen-bond acceptors (Lipinski definition) is 5. The fourth-order valence-corrected chi connectivity index (χ4v) is 5.75. The van der Waals surface area contributed by atoms with Gasteiger partial charge in [0.2, 0.25) is 5.91 Å². The van der Waals surface area contributed by atoms with Crippen LogP contribution in [-0.4, -0.2) is 60.4 Å². The Morgan fingerprint density at radius 2 is 1.94 bits per heavy atom. The maximum atomic E-state index is 14.0. The van der Waals surface area contributed by atoms with Crippen molar-refractivity contribution < 1.29 is 32.6 Å². The molecule has 2 saturated heterocycles. The van der Waals surface area contributed by atoms with Gasteiger partial charge in [-0.05, 0) is 69.6 Å². The predicted molar refractivity (Wildman–Crippen MR) is 125 cm³/mol. The highest BCUT2D eigenvalue weighted by atomic mass is 19.4. The van der Waals surface area contributed by atoms with Crippen molar-refractivity contribution in [3.63, 3.8) is 0 Å². The molecule has 1 saturated carbocycles. The Hall–Kier alpha value is -2.49. The van der Waals surface area contributed by atoms with Crippen LogP contribution >= 0.6 is 0 Å². The van der Waals surface area contributed by atoms with Crippen molar-refractivity contribution >= 4 is 23.4 Å². The molecule has 3 fully saturated rings. The van der Waals surface area contributed by atoms with E-state index in [1.807, 2.05) is 11.8 Å². The Morgan fingerprint density at radius 1 is 1.20 bits per heavy atom. The van der Waals surface area contributed by atoms with E-state index in [2.05, 4.69) is 5.32 Å². The monoisotopic (exact) mass is 497 g/mol. The highest BCUT2D eigenvalue weighted by Gasteiger charge is 2.51. The molecule has 2 heterocycles. The van der Waals surface area contributed by atoms with Crippen molar-refractivity contribution in [2.45, 2.75) is 76.6 Å². The van der Waals surface area contributed by atoms with Crippen LogP contribution in [0.2, 0.25) is 0 Å².